The summed E-state index contributed by atoms with van der Waals surface area (Å²) in [5.74, 6) is -1.10. The summed E-state index contributed by atoms with van der Waals surface area (Å²) in [7, 11) is 0. The Hall–Kier alpha value is -4.86. The zero-order valence-electron chi connectivity index (χ0n) is 23.3. The van der Waals surface area contributed by atoms with E-state index in [1.54, 1.807) is 49.4 Å². The van der Waals surface area contributed by atoms with Gasteiger partial charge in [0.15, 0.2) is 11.5 Å². The molecule has 1 N–H and O–H groups in total. The van der Waals surface area contributed by atoms with Crippen molar-refractivity contribution in [3.63, 3.8) is 0 Å². The first-order chi connectivity index (χ1) is 21.2. The van der Waals surface area contributed by atoms with Crippen LogP contribution < -0.4 is 24.4 Å². The van der Waals surface area contributed by atoms with Crippen molar-refractivity contribution >= 4 is 52.8 Å². The number of nitrogens with zero attached hydrogens (tertiary/aromatic N) is 1. The van der Waals surface area contributed by atoms with Crippen LogP contribution in [0.4, 0.5) is 14.9 Å². The van der Waals surface area contributed by atoms with E-state index in [1.165, 1.54) is 36.4 Å². The first kappa shape index (κ1) is 30.6. The van der Waals surface area contributed by atoms with Gasteiger partial charge in [-0.2, -0.15) is 0 Å². The minimum absolute atomic E-state index is 0.0287. The van der Waals surface area contributed by atoms with Gasteiger partial charge in [0.05, 0.1) is 17.3 Å². The van der Waals surface area contributed by atoms with E-state index >= 15 is 0 Å². The lowest BCUT2D eigenvalue weighted by Crippen LogP contribution is -2.54. The molecule has 8 nitrogen and oxygen atoms in total. The molecular weight excluding hydrogens is 610 g/mol. The average Bonchev–Trinajstić information content (AvgIpc) is 2.99. The van der Waals surface area contributed by atoms with Gasteiger partial charge in [0, 0.05) is 5.02 Å². The number of barbiturate groups is 1. The molecule has 0 aromatic heterocycles. The fourth-order valence-corrected chi connectivity index (χ4v) is 4.75. The Labute approximate surface area is 262 Å². The van der Waals surface area contributed by atoms with Gasteiger partial charge in [0.1, 0.15) is 30.4 Å². The maximum atomic E-state index is 13.6. The molecule has 1 saturated heterocycles. The average molecular weight is 635 g/mol. The minimum Gasteiger partial charge on any atom is -0.490 e. The molecule has 0 atom stereocenters. The molecule has 224 valence electrons. The molecule has 0 bridgehead atoms. The van der Waals surface area contributed by atoms with E-state index in [0.29, 0.717) is 28.5 Å². The number of halogens is 3. The van der Waals surface area contributed by atoms with Gasteiger partial charge < -0.3 is 14.2 Å². The van der Waals surface area contributed by atoms with Gasteiger partial charge in [-0.1, -0.05) is 47.5 Å². The van der Waals surface area contributed by atoms with Crippen LogP contribution in [-0.4, -0.2) is 24.5 Å². The van der Waals surface area contributed by atoms with Crippen molar-refractivity contribution in [1.29, 1.82) is 0 Å². The second kappa shape index (κ2) is 13.6. The number of nitrogens with one attached hydrogen (secondary N) is 1. The minimum atomic E-state index is -0.888. The molecule has 1 fully saturated rings. The predicted octanol–water partition coefficient (Wildman–Crippen LogP) is 7.36. The van der Waals surface area contributed by atoms with Crippen LogP contribution >= 0.6 is 23.2 Å². The van der Waals surface area contributed by atoms with Crippen LogP contribution in [0.1, 0.15) is 23.6 Å². The summed E-state index contributed by atoms with van der Waals surface area (Å²) < 4.78 is 30.9. The van der Waals surface area contributed by atoms with Crippen molar-refractivity contribution in [2.24, 2.45) is 0 Å². The zero-order chi connectivity index (χ0) is 31.2. The molecule has 0 saturated carbocycles. The van der Waals surface area contributed by atoms with Crippen LogP contribution in [0.2, 0.25) is 10.0 Å². The SMILES string of the molecule is CCOc1cc(/C=C2\C(=O)NC(=O)N(c3ccc(OCc4ccc(Cl)cc4)cc3)C2=O)cc(Cl)c1OCc1cccc(F)c1. The van der Waals surface area contributed by atoms with Gasteiger partial charge in [-0.25, -0.2) is 14.1 Å². The summed E-state index contributed by atoms with van der Waals surface area (Å²) in [4.78, 5) is 39.7. The van der Waals surface area contributed by atoms with Crippen molar-refractivity contribution in [2.75, 3.05) is 11.5 Å². The summed E-state index contributed by atoms with van der Waals surface area (Å²) in [5, 5.41) is 2.97. The van der Waals surface area contributed by atoms with Crippen LogP contribution in [0.3, 0.4) is 0 Å². The van der Waals surface area contributed by atoms with Gasteiger partial charge in [-0.15, -0.1) is 0 Å². The van der Waals surface area contributed by atoms with Gasteiger partial charge >= 0.3 is 6.03 Å². The molecule has 11 heteroatoms. The first-order valence-electron chi connectivity index (χ1n) is 13.4. The molecule has 44 heavy (non-hydrogen) atoms. The van der Waals surface area contributed by atoms with E-state index in [4.69, 9.17) is 37.4 Å². The van der Waals surface area contributed by atoms with Crippen LogP contribution in [0.5, 0.6) is 17.2 Å². The van der Waals surface area contributed by atoms with E-state index in [1.807, 2.05) is 12.1 Å². The number of hydrogen-bond acceptors (Lipinski definition) is 6. The number of imide groups is 2. The summed E-state index contributed by atoms with van der Waals surface area (Å²) in [6, 6.07) is 21.6. The number of carbonyl (C=O) groups excluding carboxylic acids is 3. The third-order valence-corrected chi connectivity index (χ3v) is 6.96. The Morgan fingerprint density at radius 3 is 2.27 bits per heavy atom. The highest BCUT2D eigenvalue weighted by molar-refractivity contribution is 6.39. The third kappa shape index (κ3) is 7.19. The van der Waals surface area contributed by atoms with Crippen molar-refractivity contribution < 1.29 is 33.0 Å². The molecule has 4 aromatic rings. The van der Waals surface area contributed by atoms with E-state index in [0.717, 1.165) is 10.5 Å². The maximum Gasteiger partial charge on any atom is 0.335 e. The van der Waals surface area contributed by atoms with Crippen molar-refractivity contribution in [3.8, 4) is 17.2 Å². The summed E-state index contributed by atoms with van der Waals surface area (Å²) >= 11 is 12.4. The lowest BCUT2D eigenvalue weighted by Gasteiger charge is -2.26. The van der Waals surface area contributed by atoms with Crippen molar-refractivity contribution in [1.82, 2.24) is 5.32 Å². The summed E-state index contributed by atoms with van der Waals surface area (Å²) in [6.45, 7) is 2.36. The molecule has 0 unspecified atom stereocenters. The van der Waals surface area contributed by atoms with Crippen LogP contribution in [0, 0.1) is 5.82 Å². The van der Waals surface area contributed by atoms with E-state index in [9.17, 15) is 18.8 Å². The molecule has 1 aliphatic heterocycles. The fourth-order valence-electron chi connectivity index (χ4n) is 4.35. The number of rotatable bonds is 10. The van der Waals surface area contributed by atoms with Gasteiger partial charge in [0.25, 0.3) is 11.8 Å². The summed E-state index contributed by atoms with van der Waals surface area (Å²) in [6.07, 6.45) is 1.31. The number of amides is 4. The second-order valence-electron chi connectivity index (χ2n) is 9.55. The molecule has 0 spiro atoms. The Bertz CT molecular complexity index is 1740. The van der Waals surface area contributed by atoms with E-state index in [-0.39, 0.29) is 41.0 Å². The Kier molecular flexibility index (Phi) is 9.47. The molecule has 4 amide bonds. The van der Waals surface area contributed by atoms with Crippen LogP contribution in [-0.2, 0) is 22.8 Å². The number of hydrogen-bond donors (Lipinski definition) is 1. The number of carbonyl (C=O) groups is 3. The molecule has 1 heterocycles. The third-order valence-electron chi connectivity index (χ3n) is 6.43. The molecule has 5 rings (SSSR count). The topological polar surface area (TPSA) is 94.2 Å². The normalized spacial score (nSPS) is 14.0. The molecule has 0 radical (unpaired) electrons. The van der Waals surface area contributed by atoms with Crippen LogP contribution in [0.15, 0.2) is 90.5 Å². The maximum absolute atomic E-state index is 13.6. The standard InChI is InChI=1S/C33H25Cl2FN2O6/c1-2-42-29-17-22(16-28(35)30(29)44-19-21-4-3-5-24(36)14-21)15-27-31(39)37-33(41)38(32(27)40)25-10-12-26(13-11-25)43-18-20-6-8-23(34)9-7-20/h3-17H,2,18-19H2,1H3,(H,37,39,41)/b27-15+. The molecular formula is C33H25Cl2FN2O6. The zero-order valence-corrected chi connectivity index (χ0v) is 24.8. The summed E-state index contributed by atoms with van der Waals surface area (Å²) in [5.41, 5.74) is 1.80. The highest BCUT2D eigenvalue weighted by Crippen LogP contribution is 2.38. The lowest BCUT2D eigenvalue weighted by molar-refractivity contribution is -0.122. The Morgan fingerprint density at radius 1 is 0.841 bits per heavy atom. The molecule has 1 aliphatic rings. The van der Waals surface area contributed by atoms with Gasteiger partial charge in [0.2, 0.25) is 0 Å². The van der Waals surface area contributed by atoms with Gasteiger partial charge in [-0.3, -0.25) is 14.9 Å². The number of urea groups is 1. The molecule has 4 aromatic carbocycles. The highest BCUT2D eigenvalue weighted by Gasteiger charge is 2.37. The van der Waals surface area contributed by atoms with Crippen molar-refractivity contribution in [2.45, 2.75) is 20.1 Å². The highest BCUT2D eigenvalue weighted by atomic mass is 35.5. The molecule has 0 aliphatic carbocycles. The predicted molar refractivity (Wildman–Crippen MR) is 165 cm³/mol. The van der Waals surface area contributed by atoms with Crippen molar-refractivity contribution in [3.05, 3.63) is 123 Å². The number of anilines is 1. The van der Waals surface area contributed by atoms with Crippen LogP contribution in [0.25, 0.3) is 6.08 Å². The Balaban J connectivity index is 1.35. The lowest BCUT2D eigenvalue weighted by atomic mass is 10.1. The largest absolute Gasteiger partial charge is 0.490 e. The quantitative estimate of drug-likeness (QED) is 0.145. The Morgan fingerprint density at radius 2 is 1.57 bits per heavy atom. The first-order valence-corrected chi connectivity index (χ1v) is 14.2. The monoisotopic (exact) mass is 634 g/mol. The van der Waals surface area contributed by atoms with E-state index < -0.39 is 23.7 Å². The van der Waals surface area contributed by atoms with Gasteiger partial charge in [-0.05, 0) is 90.4 Å². The van der Waals surface area contributed by atoms with E-state index in [2.05, 4.69) is 5.32 Å². The number of benzene rings is 4. The fraction of sp³-hybridized carbons (Fsp3) is 0.121. The second-order valence-corrected chi connectivity index (χ2v) is 10.4. The number of ether oxygens (including phenoxy) is 3. The smallest absolute Gasteiger partial charge is 0.335 e.